The van der Waals surface area contributed by atoms with Crippen molar-refractivity contribution in [3.63, 3.8) is 0 Å². The Morgan fingerprint density at radius 3 is 2.70 bits per heavy atom. The number of piperidine rings is 1. The second-order valence-electron chi connectivity index (χ2n) is 9.42. The highest BCUT2D eigenvalue weighted by molar-refractivity contribution is 6.03. The van der Waals surface area contributed by atoms with E-state index in [1.165, 1.54) is 11.3 Å². The molecular weight excluding hydrogens is 422 g/mol. The van der Waals surface area contributed by atoms with Crippen LogP contribution in [0.4, 0.5) is 16.2 Å². The van der Waals surface area contributed by atoms with Crippen molar-refractivity contribution in [3.8, 4) is 11.1 Å². The number of fused-ring (bicyclic) bond motifs is 1. The molecule has 0 spiro atoms. The molecule has 2 aliphatic heterocycles. The van der Waals surface area contributed by atoms with Crippen molar-refractivity contribution in [3.05, 3.63) is 30.6 Å². The van der Waals surface area contributed by atoms with Crippen LogP contribution in [-0.4, -0.2) is 51.9 Å². The third-order valence-corrected chi connectivity index (χ3v) is 7.13. The summed E-state index contributed by atoms with van der Waals surface area (Å²) in [6.07, 6.45) is 7.70. The number of carboxylic acid groups (broad SMARTS) is 1. The molecule has 33 heavy (non-hydrogen) atoms. The average Bonchev–Trinajstić information content (AvgIpc) is 3.25. The zero-order valence-electron chi connectivity index (χ0n) is 18.7. The number of anilines is 2. The number of hydrogen-bond donors (Lipinski definition) is 2. The number of hydrogen-bond acceptors (Lipinski definition) is 4. The van der Waals surface area contributed by atoms with Crippen LogP contribution in [0.1, 0.15) is 51.5 Å². The number of amides is 3. The Balaban J connectivity index is 1.46. The van der Waals surface area contributed by atoms with Crippen LogP contribution in [0.2, 0.25) is 0 Å². The van der Waals surface area contributed by atoms with Crippen molar-refractivity contribution < 1.29 is 19.5 Å². The summed E-state index contributed by atoms with van der Waals surface area (Å²) in [7, 11) is 0. The second kappa shape index (κ2) is 8.53. The van der Waals surface area contributed by atoms with Crippen LogP contribution >= 0.6 is 0 Å². The summed E-state index contributed by atoms with van der Waals surface area (Å²) in [6.45, 7) is 2.77. The van der Waals surface area contributed by atoms with Crippen LogP contribution < -0.4 is 15.1 Å². The van der Waals surface area contributed by atoms with E-state index < -0.39 is 6.09 Å². The first-order chi connectivity index (χ1) is 15.9. The molecule has 0 unspecified atom stereocenters. The quantitative estimate of drug-likeness (QED) is 0.741. The van der Waals surface area contributed by atoms with E-state index in [2.05, 4.69) is 10.4 Å². The maximum atomic E-state index is 13.1. The van der Waals surface area contributed by atoms with Gasteiger partial charge in [-0.3, -0.25) is 19.2 Å². The van der Waals surface area contributed by atoms with Crippen LogP contribution in [-0.2, 0) is 9.59 Å². The Morgan fingerprint density at radius 2 is 2.00 bits per heavy atom. The Labute approximate surface area is 192 Å². The fourth-order valence-corrected chi connectivity index (χ4v) is 5.09. The summed E-state index contributed by atoms with van der Waals surface area (Å²) in [5.74, 6) is 0.530. The van der Waals surface area contributed by atoms with Crippen LogP contribution in [0, 0.1) is 5.92 Å². The number of aromatic nitrogens is 2. The molecule has 2 fully saturated rings. The van der Waals surface area contributed by atoms with Gasteiger partial charge in [-0.15, -0.1) is 0 Å². The fourth-order valence-electron chi connectivity index (χ4n) is 5.09. The third kappa shape index (κ3) is 4.07. The van der Waals surface area contributed by atoms with Crippen molar-refractivity contribution in [2.45, 2.75) is 57.5 Å². The molecule has 2 N–H and O–H groups in total. The maximum absolute atomic E-state index is 13.1. The van der Waals surface area contributed by atoms with Gasteiger partial charge < -0.3 is 15.3 Å². The Hall–Kier alpha value is -3.36. The van der Waals surface area contributed by atoms with Gasteiger partial charge in [-0.05, 0) is 49.8 Å². The van der Waals surface area contributed by atoms with Crippen molar-refractivity contribution in [2.24, 2.45) is 5.92 Å². The first-order valence-electron chi connectivity index (χ1n) is 11.7. The average molecular weight is 452 g/mol. The van der Waals surface area contributed by atoms with E-state index in [1.54, 1.807) is 11.1 Å². The molecule has 1 saturated heterocycles. The van der Waals surface area contributed by atoms with Crippen LogP contribution in [0.25, 0.3) is 11.1 Å². The Morgan fingerprint density at radius 1 is 1.18 bits per heavy atom. The minimum absolute atomic E-state index is 0.0149. The number of rotatable bonds is 4. The van der Waals surface area contributed by atoms with Crippen LogP contribution in [0.5, 0.6) is 0 Å². The largest absolute Gasteiger partial charge is 0.465 e. The molecular formula is C24H29N5O4. The molecule has 1 saturated carbocycles. The van der Waals surface area contributed by atoms with E-state index >= 15 is 0 Å². The van der Waals surface area contributed by atoms with Gasteiger partial charge in [-0.2, -0.15) is 5.10 Å². The van der Waals surface area contributed by atoms with Gasteiger partial charge in [0.1, 0.15) is 0 Å². The topological polar surface area (TPSA) is 108 Å². The lowest BCUT2D eigenvalue weighted by Gasteiger charge is -2.41. The zero-order valence-corrected chi connectivity index (χ0v) is 18.7. The summed E-state index contributed by atoms with van der Waals surface area (Å²) in [5, 5.41) is 17.1. The predicted octanol–water partition coefficient (Wildman–Crippen LogP) is 3.41. The molecule has 5 rings (SSSR count). The summed E-state index contributed by atoms with van der Waals surface area (Å²) in [5.41, 5.74) is 2.83. The predicted molar refractivity (Wildman–Crippen MR) is 123 cm³/mol. The van der Waals surface area contributed by atoms with Crippen LogP contribution in [0.15, 0.2) is 30.6 Å². The van der Waals surface area contributed by atoms with Gasteiger partial charge in [-0.25, -0.2) is 4.79 Å². The van der Waals surface area contributed by atoms with Crippen molar-refractivity contribution in [1.29, 1.82) is 0 Å². The van der Waals surface area contributed by atoms with Gasteiger partial charge in [-0.1, -0.05) is 12.5 Å². The molecule has 9 heteroatoms. The molecule has 3 amide bonds. The molecule has 174 valence electrons. The SMILES string of the molecule is C[C@H]1CN(C(=O)O)c2cc(-c3cnn([C@@H]4CCNC(=O)C4)c3)ccc2N1C(=O)CC1CCC1. The lowest BCUT2D eigenvalue weighted by molar-refractivity contribution is -0.123. The van der Waals surface area contributed by atoms with E-state index in [9.17, 15) is 19.5 Å². The molecule has 0 bridgehead atoms. The highest BCUT2D eigenvalue weighted by Crippen LogP contribution is 2.40. The van der Waals surface area contributed by atoms with Gasteiger partial charge in [0.25, 0.3) is 0 Å². The molecule has 3 heterocycles. The summed E-state index contributed by atoms with van der Waals surface area (Å²) in [6, 6.07) is 5.37. The summed E-state index contributed by atoms with van der Waals surface area (Å²) in [4.78, 5) is 40.0. The minimum atomic E-state index is -1.03. The number of benzene rings is 1. The molecule has 3 aliphatic rings. The monoisotopic (exact) mass is 451 g/mol. The Bertz CT molecular complexity index is 1090. The number of nitrogens with zero attached hydrogens (tertiary/aromatic N) is 4. The highest BCUT2D eigenvalue weighted by atomic mass is 16.4. The molecule has 1 aromatic heterocycles. The van der Waals surface area contributed by atoms with E-state index in [0.717, 1.165) is 30.4 Å². The second-order valence-corrected chi connectivity index (χ2v) is 9.42. The highest BCUT2D eigenvalue weighted by Gasteiger charge is 2.36. The molecule has 2 atom stereocenters. The van der Waals surface area contributed by atoms with E-state index in [4.69, 9.17) is 0 Å². The lowest BCUT2D eigenvalue weighted by atomic mass is 9.82. The number of nitrogens with one attached hydrogen (secondary N) is 1. The first kappa shape index (κ1) is 21.5. The van der Waals surface area contributed by atoms with Gasteiger partial charge >= 0.3 is 6.09 Å². The van der Waals surface area contributed by atoms with Gasteiger partial charge in [0.2, 0.25) is 11.8 Å². The first-order valence-corrected chi connectivity index (χ1v) is 11.7. The van der Waals surface area contributed by atoms with E-state index in [1.807, 2.05) is 36.0 Å². The summed E-state index contributed by atoms with van der Waals surface area (Å²) >= 11 is 0. The number of carbonyl (C=O) groups is 3. The molecule has 0 radical (unpaired) electrons. The molecule has 1 aromatic carbocycles. The lowest BCUT2D eigenvalue weighted by Crippen LogP contribution is -2.52. The molecule has 2 aromatic rings. The maximum Gasteiger partial charge on any atom is 0.411 e. The van der Waals surface area contributed by atoms with Gasteiger partial charge in [0.05, 0.1) is 29.7 Å². The zero-order chi connectivity index (χ0) is 23.1. The van der Waals surface area contributed by atoms with Crippen molar-refractivity contribution in [2.75, 3.05) is 22.9 Å². The van der Waals surface area contributed by atoms with Crippen molar-refractivity contribution >= 4 is 29.3 Å². The minimum Gasteiger partial charge on any atom is -0.465 e. The molecule has 9 nitrogen and oxygen atoms in total. The summed E-state index contributed by atoms with van der Waals surface area (Å²) < 4.78 is 1.82. The standard InChI is InChI=1S/C24H29N5O4/c1-15-13-27(24(32)33)21-10-17(5-6-20(21)29(15)23(31)9-16-3-2-4-16)18-12-26-28(14-18)19-7-8-25-22(30)11-19/h5-6,10,12,14-16,19H,2-4,7-9,11,13H2,1H3,(H,25,30)(H,32,33)/t15-,19+/m0/s1. The van der Waals surface area contributed by atoms with E-state index in [0.29, 0.717) is 36.7 Å². The Kier molecular flexibility index (Phi) is 5.55. The number of carbonyl (C=O) groups excluding carboxylic acids is 2. The van der Waals surface area contributed by atoms with Crippen LogP contribution in [0.3, 0.4) is 0 Å². The normalized spacial score (nSPS) is 23.0. The van der Waals surface area contributed by atoms with Gasteiger partial charge in [0, 0.05) is 37.7 Å². The van der Waals surface area contributed by atoms with Gasteiger partial charge in [0.15, 0.2) is 0 Å². The molecule has 1 aliphatic carbocycles. The van der Waals surface area contributed by atoms with Crippen molar-refractivity contribution in [1.82, 2.24) is 15.1 Å². The fraction of sp³-hybridized carbons (Fsp3) is 0.500. The third-order valence-electron chi connectivity index (χ3n) is 7.13. The van der Waals surface area contributed by atoms with E-state index in [-0.39, 0.29) is 30.4 Å². The smallest absolute Gasteiger partial charge is 0.411 e.